The molecular formula is C15H28N2O3. The number of nitrogens with one attached hydrogen (secondary N) is 1. The van der Waals surface area contributed by atoms with Gasteiger partial charge in [0.1, 0.15) is 0 Å². The molecule has 1 heterocycles. The minimum absolute atomic E-state index is 0.0628. The SMILES string of the molecule is CCCCC(=O)N1CCC(C(=O)NCCCOC)CC1. The molecule has 1 aliphatic rings. The van der Waals surface area contributed by atoms with Crippen molar-refractivity contribution in [1.82, 2.24) is 10.2 Å². The first-order chi connectivity index (χ1) is 9.69. The highest BCUT2D eigenvalue weighted by atomic mass is 16.5. The summed E-state index contributed by atoms with van der Waals surface area (Å²) in [7, 11) is 1.66. The zero-order valence-corrected chi connectivity index (χ0v) is 12.8. The molecule has 116 valence electrons. The van der Waals surface area contributed by atoms with Crippen molar-refractivity contribution >= 4 is 11.8 Å². The molecule has 0 aliphatic carbocycles. The normalized spacial score (nSPS) is 16.2. The lowest BCUT2D eigenvalue weighted by molar-refractivity contribution is -0.135. The Hall–Kier alpha value is -1.10. The number of unbranched alkanes of at least 4 members (excludes halogenated alkanes) is 1. The summed E-state index contributed by atoms with van der Waals surface area (Å²) in [5.41, 5.74) is 0. The smallest absolute Gasteiger partial charge is 0.223 e. The number of likely N-dealkylation sites (tertiary alicyclic amines) is 1. The molecule has 0 spiro atoms. The number of hydrogen-bond donors (Lipinski definition) is 1. The van der Waals surface area contributed by atoms with Crippen LogP contribution in [0.4, 0.5) is 0 Å². The van der Waals surface area contributed by atoms with Crippen LogP contribution in [0.5, 0.6) is 0 Å². The first kappa shape index (κ1) is 17.0. The Kier molecular flexibility index (Phi) is 8.26. The molecule has 5 heteroatoms. The quantitative estimate of drug-likeness (QED) is 0.688. The van der Waals surface area contributed by atoms with Crippen molar-refractivity contribution in [1.29, 1.82) is 0 Å². The standard InChI is InChI=1S/C15H28N2O3/c1-3-4-6-14(18)17-10-7-13(8-11-17)15(19)16-9-5-12-20-2/h13H,3-12H2,1-2H3,(H,16,19). The van der Waals surface area contributed by atoms with E-state index >= 15 is 0 Å². The predicted molar refractivity (Wildman–Crippen MR) is 78.3 cm³/mol. The molecule has 20 heavy (non-hydrogen) atoms. The highest BCUT2D eigenvalue weighted by Crippen LogP contribution is 2.18. The fourth-order valence-electron chi connectivity index (χ4n) is 2.45. The van der Waals surface area contributed by atoms with E-state index in [1.165, 1.54) is 0 Å². The van der Waals surface area contributed by atoms with E-state index in [0.29, 0.717) is 19.6 Å². The second-order valence-electron chi connectivity index (χ2n) is 5.40. The molecule has 2 amide bonds. The number of carbonyl (C=O) groups is 2. The van der Waals surface area contributed by atoms with Crippen molar-refractivity contribution in [3.05, 3.63) is 0 Å². The van der Waals surface area contributed by atoms with Crippen LogP contribution < -0.4 is 5.32 Å². The van der Waals surface area contributed by atoms with Crippen LogP contribution >= 0.6 is 0 Å². The van der Waals surface area contributed by atoms with Crippen LogP contribution in [0.15, 0.2) is 0 Å². The average Bonchev–Trinajstić information content (AvgIpc) is 2.49. The van der Waals surface area contributed by atoms with Crippen LogP contribution in [-0.2, 0) is 14.3 Å². The van der Waals surface area contributed by atoms with Crippen molar-refractivity contribution in [2.24, 2.45) is 5.92 Å². The summed E-state index contributed by atoms with van der Waals surface area (Å²) >= 11 is 0. The van der Waals surface area contributed by atoms with Crippen molar-refractivity contribution in [3.63, 3.8) is 0 Å². The third kappa shape index (κ3) is 5.90. The third-order valence-electron chi connectivity index (χ3n) is 3.79. The van der Waals surface area contributed by atoms with Gasteiger partial charge in [0.25, 0.3) is 0 Å². The number of carbonyl (C=O) groups excluding carboxylic acids is 2. The molecule has 1 N–H and O–H groups in total. The Labute approximate surface area is 122 Å². The van der Waals surface area contributed by atoms with E-state index in [0.717, 1.165) is 45.2 Å². The molecule has 0 unspecified atom stereocenters. The third-order valence-corrected chi connectivity index (χ3v) is 3.79. The van der Waals surface area contributed by atoms with Crippen molar-refractivity contribution in [3.8, 4) is 0 Å². The minimum atomic E-state index is 0.0628. The second-order valence-corrected chi connectivity index (χ2v) is 5.40. The Bertz CT molecular complexity index is 299. The molecule has 1 saturated heterocycles. The fraction of sp³-hybridized carbons (Fsp3) is 0.867. The monoisotopic (exact) mass is 284 g/mol. The molecule has 0 aromatic carbocycles. The number of methoxy groups -OCH3 is 1. The van der Waals surface area contributed by atoms with Gasteiger partial charge in [-0.1, -0.05) is 13.3 Å². The van der Waals surface area contributed by atoms with E-state index in [1.54, 1.807) is 7.11 Å². The molecule has 1 aliphatic heterocycles. The van der Waals surface area contributed by atoms with Crippen LogP contribution in [0.3, 0.4) is 0 Å². The van der Waals surface area contributed by atoms with Crippen LogP contribution in [0, 0.1) is 5.92 Å². The van der Waals surface area contributed by atoms with Gasteiger partial charge in [0.05, 0.1) is 0 Å². The average molecular weight is 284 g/mol. The van der Waals surface area contributed by atoms with Gasteiger partial charge >= 0.3 is 0 Å². The summed E-state index contributed by atoms with van der Waals surface area (Å²) in [6.07, 6.45) is 5.06. The second kappa shape index (κ2) is 9.75. The van der Waals surface area contributed by atoms with E-state index in [4.69, 9.17) is 4.74 Å². The van der Waals surface area contributed by atoms with E-state index in [-0.39, 0.29) is 17.7 Å². The van der Waals surface area contributed by atoms with Crippen LogP contribution in [0.25, 0.3) is 0 Å². The maximum absolute atomic E-state index is 12.0. The van der Waals surface area contributed by atoms with E-state index in [2.05, 4.69) is 12.2 Å². The lowest BCUT2D eigenvalue weighted by Gasteiger charge is -2.31. The highest BCUT2D eigenvalue weighted by molar-refractivity contribution is 5.80. The van der Waals surface area contributed by atoms with Gasteiger partial charge in [0.2, 0.25) is 11.8 Å². The Morgan fingerprint density at radius 2 is 1.95 bits per heavy atom. The fourth-order valence-corrected chi connectivity index (χ4v) is 2.45. The summed E-state index contributed by atoms with van der Waals surface area (Å²) in [6, 6.07) is 0. The van der Waals surface area contributed by atoms with Crippen molar-refractivity contribution in [2.75, 3.05) is 33.4 Å². The molecule has 0 bridgehead atoms. The van der Waals surface area contributed by atoms with E-state index in [1.807, 2.05) is 4.90 Å². The van der Waals surface area contributed by atoms with Gasteiger partial charge in [0, 0.05) is 45.7 Å². The van der Waals surface area contributed by atoms with Crippen LogP contribution in [0.2, 0.25) is 0 Å². The van der Waals surface area contributed by atoms with Gasteiger partial charge in [-0.15, -0.1) is 0 Å². The summed E-state index contributed by atoms with van der Waals surface area (Å²) in [5, 5.41) is 2.94. The van der Waals surface area contributed by atoms with Gasteiger partial charge in [-0.25, -0.2) is 0 Å². The number of hydrogen-bond acceptors (Lipinski definition) is 3. The van der Waals surface area contributed by atoms with Crippen molar-refractivity contribution in [2.45, 2.75) is 45.4 Å². The maximum atomic E-state index is 12.0. The van der Waals surface area contributed by atoms with Crippen molar-refractivity contribution < 1.29 is 14.3 Å². The van der Waals surface area contributed by atoms with Crippen LogP contribution in [-0.4, -0.2) is 50.1 Å². The topological polar surface area (TPSA) is 58.6 Å². The van der Waals surface area contributed by atoms with Gasteiger partial charge in [-0.2, -0.15) is 0 Å². The lowest BCUT2D eigenvalue weighted by Crippen LogP contribution is -2.43. The number of amides is 2. The molecule has 1 fully saturated rings. The molecule has 1 rings (SSSR count). The summed E-state index contributed by atoms with van der Waals surface area (Å²) in [5.74, 6) is 0.431. The molecule has 0 aromatic rings. The first-order valence-corrected chi connectivity index (χ1v) is 7.73. The number of piperidine rings is 1. The van der Waals surface area contributed by atoms with Gasteiger partial charge < -0.3 is 15.0 Å². The zero-order chi connectivity index (χ0) is 14.8. The molecular weight excluding hydrogens is 256 g/mol. The molecule has 0 atom stereocenters. The first-order valence-electron chi connectivity index (χ1n) is 7.73. The summed E-state index contributed by atoms with van der Waals surface area (Å²) in [6.45, 7) is 4.87. The summed E-state index contributed by atoms with van der Waals surface area (Å²) in [4.78, 5) is 25.8. The summed E-state index contributed by atoms with van der Waals surface area (Å²) < 4.78 is 4.95. The lowest BCUT2D eigenvalue weighted by atomic mass is 9.95. The van der Waals surface area contributed by atoms with Gasteiger partial charge in [-0.3, -0.25) is 9.59 Å². The van der Waals surface area contributed by atoms with Crippen LogP contribution in [0.1, 0.15) is 45.4 Å². The Morgan fingerprint density at radius 1 is 1.25 bits per heavy atom. The Morgan fingerprint density at radius 3 is 2.55 bits per heavy atom. The van der Waals surface area contributed by atoms with E-state index in [9.17, 15) is 9.59 Å². The Balaban J connectivity index is 2.20. The molecule has 0 radical (unpaired) electrons. The predicted octanol–water partition coefficient (Wildman–Crippen LogP) is 1.57. The number of ether oxygens (including phenoxy) is 1. The van der Waals surface area contributed by atoms with E-state index < -0.39 is 0 Å². The zero-order valence-electron chi connectivity index (χ0n) is 12.8. The van der Waals surface area contributed by atoms with Gasteiger partial charge in [0.15, 0.2) is 0 Å². The van der Waals surface area contributed by atoms with Gasteiger partial charge in [-0.05, 0) is 25.7 Å². The largest absolute Gasteiger partial charge is 0.385 e. The number of nitrogens with zero attached hydrogens (tertiary/aromatic N) is 1. The number of rotatable bonds is 8. The molecule has 0 aromatic heterocycles. The minimum Gasteiger partial charge on any atom is -0.385 e. The molecule has 0 saturated carbocycles. The maximum Gasteiger partial charge on any atom is 0.223 e. The highest BCUT2D eigenvalue weighted by Gasteiger charge is 2.26. The molecule has 5 nitrogen and oxygen atoms in total.